The summed E-state index contributed by atoms with van der Waals surface area (Å²) in [5.41, 5.74) is 0.379. The molecule has 1 heterocycles. The summed E-state index contributed by atoms with van der Waals surface area (Å²) in [5, 5.41) is 13.0. The highest BCUT2D eigenvalue weighted by molar-refractivity contribution is 5.73. The van der Waals surface area contributed by atoms with Gasteiger partial charge in [-0.05, 0) is 33.3 Å². The lowest BCUT2D eigenvalue weighted by atomic mass is 9.90. The first kappa shape index (κ1) is 10.8. The molecule has 0 radical (unpaired) electrons. The van der Waals surface area contributed by atoms with Gasteiger partial charge in [0.1, 0.15) is 0 Å². The van der Waals surface area contributed by atoms with Crippen molar-refractivity contribution < 1.29 is 9.90 Å². The summed E-state index contributed by atoms with van der Waals surface area (Å²) in [6.45, 7) is 6.07. The van der Waals surface area contributed by atoms with E-state index in [4.69, 9.17) is 5.11 Å². The van der Waals surface area contributed by atoms with Gasteiger partial charge in [0.05, 0.1) is 5.41 Å². The number of carbonyl (C=O) groups is 1. The molecule has 0 atom stereocenters. The van der Waals surface area contributed by atoms with Crippen LogP contribution in [0.3, 0.4) is 0 Å². The van der Waals surface area contributed by atoms with E-state index in [1.807, 2.05) is 17.7 Å². The normalized spacial score (nSPS) is 11.6. The van der Waals surface area contributed by atoms with Gasteiger partial charge in [0.15, 0.2) is 0 Å². The Hall–Kier alpha value is -1.32. The fraction of sp³-hybridized carbons (Fsp3) is 0.600. The minimum Gasteiger partial charge on any atom is -0.481 e. The Bertz CT molecular complexity index is 329. The van der Waals surface area contributed by atoms with Gasteiger partial charge in [0, 0.05) is 18.4 Å². The van der Waals surface area contributed by atoms with E-state index in [-0.39, 0.29) is 0 Å². The van der Waals surface area contributed by atoms with Crippen LogP contribution in [-0.4, -0.2) is 20.9 Å². The smallest absolute Gasteiger partial charge is 0.309 e. The molecule has 0 saturated carbocycles. The lowest BCUT2D eigenvalue weighted by Crippen LogP contribution is -2.25. The third kappa shape index (κ3) is 2.34. The van der Waals surface area contributed by atoms with Crippen LogP contribution in [0.15, 0.2) is 12.3 Å². The molecule has 1 N–H and O–H groups in total. The van der Waals surface area contributed by atoms with Crippen LogP contribution in [0, 0.1) is 12.3 Å². The second-order valence-corrected chi connectivity index (χ2v) is 4.13. The Morgan fingerprint density at radius 2 is 2.29 bits per heavy atom. The Balaban J connectivity index is 2.57. The molecule has 0 saturated heterocycles. The molecule has 1 aromatic heterocycles. The van der Waals surface area contributed by atoms with E-state index >= 15 is 0 Å². The second kappa shape index (κ2) is 3.82. The van der Waals surface area contributed by atoms with Crippen LogP contribution >= 0.6 is 0 Å². The summed E-state index contributed by atoms with van der Waals surface area (Å²) in [7, 11) is 0. The van der Waals surface area contributed by atoms with Crippen molar-refractivity contribution >= 4 is 5.97 Å². The summed E-state index contributed by atoms with van der Waals surface area (Å²) < 4.78 is 1.82. The van der Waals surface area contributed by atoms with Gasteiger partial charge in [-0.25, -0.2) is 0 Å². The zero-order valence-corrected chi connectivity index (χ0v) is 8.82. The van der Waals surface area contributed by atoms with Crippen LogP contribution < -0.4 is 0 Å². The number of carboxylic acid groups (broad SMARTS) is 1. The Labute approximate surface area is 83.5 Å². The zero-order chi connectivity index (χ0) is 10.8. The maximum Gasteiger partial charge on any atom is 0.309 e. The van der Waals surface area contributed by atoms with E-state index in [0.29, 0.717) is 13.0 Å². The first-order chi connectivity index (χ1) is 6.43. The molecule has 1 aromatic rings. The van der Waals surface area contributed by atoms with Gasteiger partial charge in [-0.15, -0.1) is 0 Å². The summed E-state index contributed by atoms with van der Waals surface area (Å²) >= 11 is 0. The molecule has 0 aromatic carbocycles. The molecule has 0 fully saturated rings. The predicted molar refractivity (Wildman–Crippen MR) is 53.0 cm³/mol. The topological polar surface area (TPSA) is 55.1 Å². The first-order valence-electron chi connectivity index (χ1n) is 4.65. The summed E-state index contributed by atoms with van der Waals surface area (Å²) in [4.78, 5) is 10.8. The molecule has 4 nitrogen and oxygen atoms in total. The van der Waals surface area contributed by atoms with Crippen molar-refractivity contribution in [2.75, 3.05) is 0 Å². The van der Waals surface area contributed by atoms with Crippen molar-refractivity contribution in [1.82, 2.24) is 9.78 Å². The Morgan fingerprint density at radius 1 is 1.64 bits per heavy atom. The van der Waals surface area contributed by atoms with E-state index in [1.54, 1.807) is 20.0 Å². The van der Waals surface area contributed by atoms with Gasteiger partial charge in [0.2, 0.25) is 0 Å². The minimum atomic E-state index is -0.762. The standard InChI is InChI=1S/C10H16N2O2/c1-8-4-6-11-12(8)7-5-10(2,3)9(13)14/h4,6H,5,7H2,1-3H3,(H,13,14). The number of aryl methyl sites for hydroxylation is 2. The molecule has 0 aliphatic carbocycles. The molecule has 0 amide bonds. The van der Waals surface area contributed by atoms with Gasteiger partial charge in [-0.3, -0.25) is 9.48 Å². The number of nitrogens with zero attached hydrogens (tertiary/aromatic N) is 2. The van der Waals surface area contributed by atoms with E-state index in [0.717, 1.165) is 5.69 Å². The number of aromatic nitrogens is 2. The second-order valence-electron chi connectivity index (χ2n) is 4.13. The number of aliphatic carboxylic acids is 1. The van der Waals surface area contributed by atoms with Crippen molar-refractivity contribution in [3.8, 4) is 0 Å². The SMILES string of the molecule is Cc1ccnn1CCC(C)(C)C(=O)O. The van der Waals surface area contributed by atoms with Gasteiger partial charge in [-0.1, -0.05) is 0 Å². The predicted octanol–water partition coefficient (Wildman–Crippen LogP) is 1.69. The van der Waals surface area contributed by atoms with E-state index in [1.165, 1.54) is 0 Å². The van der Waals surface area contributed by atoms with Gasteiger partial charge >= 0.3 is 5.97 Å². The Kier molecular flexibility index (Phi) is 2.93. The molecule has 1 rings (SSSR count). The maximum absolute atomic E-state index is 10.8. The van der Waals surface area contributed by atoms with E-state index < -0.39 is 11.4 Å². The average molecular weight is 196 g/mol. The van der Waals surface area contributed by atoms with Crippen molar-refractivity contribution in [3.05, 3.63) is 18.0 Å². The summed E-state index contributed by atoms with van der Waals surface area (Å²) in [6.07, 6.45) is 2.31. The molecule has 0 aliphatic heterocycles. The highest BCUT2D eigenvalue weighted by atomic mass is 16.4. The van der Waals surface area contributed by atoms with Crippen LogP contribution in [0.5, 0.6) is 0 Å². The van der Waals surface area contributed by atoms with Gasteiger partial charge < -0.3 is 5.11 Å². The van der Waals surface area contributed by atoms with Crippen LogP contribution in [0.2, 0.25) is 0 Å². The third-order valence-electron chi connectivity index (χ3n) is 2.46. The molecule has 0 aliphatic rings. The van der Waals surface area contributed by atoms with Crippen LogP contribution in [-0.2, 0) is 11.3 Å². The van der Waals surface area contributed by atoms with E-state index in [2.05, 4.69) is 5.10 Å². The molecule has 0 bridgehead atoms. The molecule has 14 heavy (non-hydrogen) atoms. The molecule has 0 unspecified atom stereocenters. The third-order valence-corrected chi connectivity index (χ3v) is 2.46. The quantitative estimate of drug-likeness (QED) is 0.797. The van der Waals surface area contributed by atoms with Crippen molar-refractivity contribution in [2.24, 2.45) is 5.41 Å². The van der Waals surface area contributed by atoms with Crippen LogP contribution in [0.1, 0.15) is 26.0 Å². The number of hydrogen-bond acceptors (Lipinski definition) is 2. The lowest BCUT2D eigenvalue weighted by Gasteiger charge is -2.18. The van der Waals surface area contributed by atoms with Crippen molar-refractivity contribution in [3.63, 3.8) is 0 Å². The Morgan fingerprint density at radius 3 is 2.71 bits per heavy atom. The zero-order valence-electron chi connectivity index (χ0n) is 8.82. The molecule has 4 heteroatoms. The fourth-order valence-electron chi connectivity index (χ4n) is 1.13. The summed E-state index contributed by atoms with van der Waals surface area (Å²) in [6, 6.07) is 1.91. The van der Waals surface area contributed by atoms with Crippen LogP contribution in [0.25, 0.3) is 0 Å². The largest absolute Gasteiger partial charge is 0.481 e. The van der Waals surface area contributed by atoms with Gasteiger partial charge in [0.25, 0.3) is 0 Å². The highest BCUT2D eigenvalue weighted by Crippen LogP contribution is 2.21. The molecule has 0 spiro atoms. The number of hydrogen-bond donors (Lipinski definition) is 1. The monoisotopic (exact) mass is 196 g/mol. The number of carboxylic acids is 1. The first-order valence-corrected chi connectivity index (χ1v) is 4.65. The molecular weight excluding hydrogens is 180 g/mol. The number of rotatable bonds is 4. The molecular formula is C10H16N2O2. The molecule has 78 valence electrons. The minimum absolute atomic E-state index is 0.588. The van der Waals surface area contributed by atoms with Gasteiger partial charge in [-0.2, -0.15) is 5.10 Å². The van der Waals surface area contributed by atoms with E-state index in [9.17, 15) is 4.79 Å². The maximum atomic E-state index is 10.8. The highest BCUT2D eigenvalue weighted by Gasteiger charge is 2.26. The van der Waals surface area contributed by atoms with Crippen molar-refractivity contribution in [1.29, 1.82) is 0 Å². The summed E-state index contributed by atoms with van der Waals surface area (Å²) in [5.74, 6) is -0.762. The fourth-order valence-corrected chi connectivity index (χ4v) is 1.13. The van der Waals surface area contributed by atoms with Crippen LogP contribution in [0.4, 0.5) is 0 Å². The lowest BCUT2D eigenvalue weighted by molar-refractivity contribution is -0.147. The van der Waals surface area contributed by atoms with Crippen molar-refractivity contribution in [2.45, 2.75) is 33.7 Å². The average Bonchev–Trinajstić information content (AvgIpc) is 2.47.